The summed E-state index contributed by atoms with van der Waals surface area (Å²) in [6.07, 6.45) is 8.23. The van der Waals surface area contributed by atoms with Crippen LogP contribution in [0.5, 0.6) is 0 Å². The van der Waals surface area contributed by atoms with Crippen molar-refractivity contribution in [3.63, 3.8) is 0 Å². The van der Waals surface area contributed by atoms with E-state index in [-0.39, 0.29) is 11.7 Å². The van der Waals surface area contributed by atoms with Crippen LogP contribution in [0, 0.1) is 17.8 Å². The molecular formula is C23H35ClN2O3S. The molecule has 0 unspecified atom stereocenters. The van der Waals surface area contributed by atoms with Crippen molar-refractivity contribution >= 4 is 34.8 Å². The molecule has 5 nitrogen and oxygen atoms in total. The zero-order valence-electron chi connectivity index (χ0n) is 18.2. The molecule has 1 saturated carbocycles. The van der Waals surface area contributed by atoms with E-state index in [4.69, 9.17) is 22.1 Å². The van der Waals surface area contributed by atoms with Gasteiger partial charge in [-0.3, -0.25) is 4.79 Å². The van der Waals surface area contributed by atoms with Crippen LogP contribution >= 0.6 is 22.9 Å². The molecule has 3 rings (SSSR count). The Morgan fingerprint density at radius 2 is 1.80 bits per heavy atom. The maximum atomic E-state index is 12.7. The molecule has 0 bridgehead atoms. The molecule has 0 atom stereocenters. The Morgan fingerprint density at radius 3 is 2.37 bits per heavy atom. The number of carbonyl (C=O) groups excluding carboxylic acids is 2. The first-order valence-electron chi connectivity index (χ1n) is 11.2. The number of rotatable bonds is 8. The first-order valence-corrected chi connectivity index (χ1v) is 12.5. The minimum Gasteiger partial charge on any atom is -0.444 e. The Hall–Kier alpha value is -1.11. The molecular weight excluding hydrogens is 420 g/mol. The zero-order chi connectivity index (χ0) is 21.7. The van der Waals surface area contributed by atoms with Gasteiger partial charge in [0.05, 0.1) is 9.90 Å². The van der Waals surface area contributed by atoms with Crippen LogP contribution in [-0.4, -0.2) is 42.0 Å². The standard InChI is InChI=1S/C23H35ClN2O3S/c1-23(2,29-22(25)28)15-17-5-3-16(4-6-17)7-11-26-12-8-18(9-13-26)20(27)21-19(24)10-14-30-21/h10,14,16-18H,3-9,11-13,15H2,1-2H3,(H2,25,28). The van der Waals surface area contributed by atoms with Gasteiger partial charge in [0.2, 0.25) is 0 Å². The first-order chi connectivity index (χ1) is 14.2. The average Bonchev–Trinajstić information content (AvgIpc) is 3.12. The molecule has 0 spiro atoms. The quantitative estimate of drug-likeness (QED) is 0.507. The summed E-state index contributed by atoms with van der Waals surface area (Å²) in [7, 11) is 0. The molecule has 168 valence electrons. The number of hydrogen-bond donors (Lipinski definition) is 1. The van der Waals surface area contributed by atoms with Crippen LogP contribution in [0.1, 0.15) is 74.9 Å². The number of carbonyl (C=O) groups is 2. The first kappa shape index (κ1) is 23.6. The van der Waals surface area contributed by atoms with Gasteiger partial charge in [0.1, 0.15) is 5.60 Å². The van der Waals surface area contributed by atoms with Crippen molar-refractivity contribution in [2.75, 3.05) is 19.6 Å². The number of Topliss-reactive ketones (excluding diaryl/α,β-unsaturated/α-hetero) is 1. The van der Waals surface area contributed by atoms with E-state index in [1.807, 2.05) is 25.3 Å². The fraction of sp³-hybridized carbons (Fsp3) is 0.739. The zero-order valence-corrected chi connectivity index (χ0v) is 19.8. The Kier molecular flexibility index (Phi) is 8.22. The van der Waals surface area contributed by atoms with Crippen molar-refractivity contribution in [2.24, 2.45) is 23.5 Å². The lowest BCUT2D eigenvalue weighted by atomic mass is 9.76. The number of likely N-dealkylation sites (tertiary alicyclic amines) is 1. The van der Waals surface area contributed by atoms with E-state index >= 15 is 0 Å². The second-order valence-corrected chi connectivity index (χ2v) is 11.0. The topological polar surface area (TPSA) is 72.6 Å². The van der Waals surface area contributed by atoms with Gasteiger partial charge in [0.15, 0.2) is 5.78 Å². The van der Waals surface area contributed by atoms with Gasteiger partial charge < -0.3 is 15.4 Å². The van der Waals surface area contributed by atoms with Crippen molar-refractivity contribution < 1.29 is 14.3 Å². The Morgan fingerprint density at radius 1 is 1.17 bits per heavy atom. The molecule has 7 heteroatoms. The molecule has 0 aromatic carbocycles. The summed E-state index contributed by atoms with van der Waals surface area (Å²) in [4.78, 5) is 27.0. The van der Waals surface area contributed by atoms with Gasteiger partial charge in [-0.1, -0.05) is 37.3 Å². The summed E-state index contributed by atoms with van der Waals surface area (Å²) in [6, 6.07) is 1.81. The summed E-state index contributed by atoms with van der Waals surface area (Å²) >= 11 is 7.60. The number of piperidine rings is 1. The number of hydrogen-bond acceptors (Lipinski definition) is 5. The summed E-state index contributed by atoms with van der Waals surface area (Å²) in [5.41, 5.74) is 4.71. The van der Waals surface area contributed by atoms with E-state index in [9.17, 15) is 9.59 Å². The lowest BCUT2D eigenvalue weighted by Gasteiger charge is -2.35. The monoisotopic (exact) mass is 454 g/mol. The lowest BCUT2D eigenvalue weighted by Crippen LogP contribution is -2.37. The van der Waals surface area contributed by atoms with Gasteiger partial charge in [-0.2, -0.15) is 0 Å². The normalized spacial score (nSPS) is 24.0. The van der Waals surface area contributed by atoms with E-state index in [1.165, 1.54) is 43.4 Å². The average molecular weight is 455 g/mol. The molecule has 1 saturated heterocycles. The predicted molar refractivity (Wildman–Crippen MR) is 122 cm³/mol. The minimum atomic E-state index is -0.683. The van der Waals surface area contributed by atoms with Crippen molar-refractivity contribution in [2.45, 2.75) is 70.8 Å². The van der Waals surface area contributed by atoms with Gasteiger partial charge in [-0.15, -0.1) is 11.3 Å². The number of halogens is 1. The summed E-state index contributed by atoms with van der Waals surface area (Å²) < 4.78 is 5.25. The van der Waals surface area contributed by atoms with Gasteiger partial charge in [-0.25, -0.2) is 4.79 Å². The third-order valence-corrected chi connectivity index (χ3v) is 8.13. The van der Waals surface area contributed by atoms with Crippen LogP contribution in [-0.2, 0) is 4.74 Å². The Labute approximate surface area is 189 Å². The molecule has 2 heterocycles. The maximum Gasteiger partial charge on any atom is 0.405 e. The van der Waals surface area contributed by atoms with Gasteiger partial charge in [0, 0.05) is 5.92 Å². The molecule has 1 aliphatic carbocycles. The molecule has 0 radical (unpaired) electrons. The van der Waals surface area contributed by atoms with Crippen molar-refractivity contribution in [3.8, 4) is 0 Å². The number of thiophene rings is 1. The van der Waals surface area contributed by atoms with E-state index in [0.29, 0.717) is 10.9 Å². The number of nitrogens with zero attached hydrogens (tertiary/aromatic N) is 1. The molecule has 2 N–H and O–H groups in total. The molecule has 1 amide bonds. The smallest absolute Gasteiger partial charge is 0.405 e. The van der Waals surface area contributed by atoms with Crippen molar-refractivity contribution in [1.29, 1.82) is 0 Å². The summed E-state index contributed by atoms with van der Waals surface area (Å²) in [6.45, 7) is 7.04. The van der Waals surface area contributed by atoms with Gasteiger partial charge >= 0.3 is 6.09 Å². The van der Waals surface area contributed by atoms with Gasteiger partial charge in [-0.05, 0) is 82.4 Å². The Balaban J connectivity index is 1.33. The van der Waals surface area contributed by atoms with Crippen LogP contribution in [0.25, 0.3) is 0 Å². The van der Waals surface area contributed by atoms with Crippen LogP contribution in [0.3, 0.4) is 0 Å². The Bertz CT molecular complexity index is 720. The summed E-state index contributed by atoms with van der Waals surface area (Å²) in [5.74, 6) is 1.75. The van der Waals surface area contributed by atoms with E-state index < -0.39 is 11.7 Å². The molecule has 2 aliphatic rings. The lowest BCUT2D eigenvalue weighted by molar-refractivity contribution is 0.0192. The number of ether oxygens (including phenoxy) is 1. The number of amides is 1. The maximum absolute atomic E-state index is 12.7. The molecule has 1 aromatic rings. The summed E-state index contributed by atoms with van der Waals surface area (Å²) in [5, 5.41) is 2.50. The second kappa shape index (κ2) is 10.5. The SMILES string of the molecule is CC(C)(CC1CCC(CCN2CCC(C(=O)c3sccc3Cl)CC2)CC1)OC(N)=O. The highest BCUT2D eigenvalue weighted by Gasteiger charge is 2.31. The highest BCUT2D eigenvalue weighted by atomic mass is 35.5. The highest BCUT2D eigenvalue weighted by Crippen LogP contribution is 2.36. The molecule has 30 heavy (non-hydrogen) atoms. The number of nitrogens with two attached hydrogens (primary N) is 1. The molecule has 1 aliphatic heterocycles. The van der Waals surface area contributed by atoms with E-state index in [0.717, 1.165) is 49.7 Å². The highest BCUT2D eigenvalue weighted by molar-refractivity contribution is 7.12. The molecule has 1 aromatic heterocycles. The van der Waals surface area contributed by atoms with Crippen LogP contribution in [0.15, 0.2) is 11.4 Å². The number of primary amides is 1. The fourth-order valence-electron chi connectivity index (χ4n) is 5.17. The number of ketones is 1. The third kappa shape index (κ3) is 6.69. The van der Waals surface area contributed by atoms with Crippen LogP contribution in [0.4, 0.5) is 4.79 Å². The fourth-order valence-corrected chi connectivity index (χ4v) is 6.34. The van der Waals surface area contributed by atoms with E-state index in [2.05, 4.69) is 4.90 Å². The van der Waals surface area contributed by atoms with Crippen molar-refractivity contribution in [3.05, 3.63) is 21.3 Å². The minimum absolute atomic E-state index is 0.124. The molecule has 2 fully saturated rings. The van der Waals surface area contributed by atoms with Crippen LogP contribution < -0.4 is 5.73 Å². The second-order valence-electron chi connectivity index (χ2n) is 9.64. The van der Waals surface area contributed by atoms with Gasteiger partial charge in [0.25, 0.3) is 0 Å². The van der Waals surface area contributed by atoms with Crippen molar-refractivity contribution in [1.82, 2.24) is 4.90 Å². The largest absolute Gasteiger partial charge is 0.444 e. The van der Waals surface area contributed by atoms with Crippen LogP contribution in [0.2, 0.25) is 5.02 Å². The predicted octanol–water partition coefficient (Wildman–Crippen LogP) is 5.76. The third-order valence-electron chi connectivity index (χ3n) is 6.78. The van der Waals surface area contributed by atoms with E-state index in [1.54, 1.807) is 0 Å².